The van der Waals surface area contributed by atoms with E-state index in [0.717, 1.165) is 5.56 Å². The van der Waals surface area contributed by atoms with E-state index in [4.69, 9.17) is 0 Å². The molecule has 0 radical (unpaired) electrons. The minimum atomic E-state index is -0.285. The lowest BCUT2D eigenvalue weighted by molar-refractivity contribution is 0.0950. The van der Waals surface area contributed by atoms with Crippen LogP contribution in [0.4, 0.5) is 4.39 Å². The Bertz CT molecular complexity index is 502. The first-order chi connectivity index (χ1) is 8.25. The summed E-state index contributed by atoms with van der Waals surface area (Å²) in [5.74, 6) is -0.477. The molecular formula is C13H12ClFN2O. The Hall–Kier alpha value is -1.94. The first kappa shape index (κ1) is 14.1. The lowest BCUT2D eigenvalue weighted by Crippen LogP contribution is -2.22. The van der Waals surface area contributed by atoms with Gasteiger partial charge in [-0.15, -0.1) is 12.4 Å². The Kier molecular flexibility index (Phi) is 5.27. The van der Waals surface area contributed by atoms with Crippen molar-refractivity contribution in [3.63, 3.8) is 0 Å². The second kappa shape index (κ2) is 6.71. The van der Waals surface area contributed by atoms with E-state index in [0.29, 0.717) is 12.1 Å². The number of halogens is 2. The lowest BCUT2D eigenvalue weighted by Gasteiger charge is -2.04. The Morgan fingerprint density at radius 1 is 1.22 bits per heavy atom. The topological polar surface area (TPSA) is 42.0 Å². The Balaban J connectivity index is 0.00000162. The van der Waals surface area contributed by atoms with Gasteiger partial charge in [-0.1, -0.05) is 12.1 Å². The van der Waals surface area contributed by atoms with E-state index in [2.05, 4.69) is 10.3 Å². The fourth-order valence-corrected chi connectivity index (χ4v) is 1.38. The van der Waals surface area contributed by atoms with Crippen LogP contribution in [0.1, 0.15) is 15.9 Å². The highest BCUT2D eigenvalue weighted by Gasteiger charge is 2.04. The average molecular weight is 267 g/mol. The van der Waals surface area contributed by atoms with Gasteiger partial charge >= 0.3 is 0 Å². The molecule has 1 N–H and O–H groups in total. The third-order valence-corrected chi connectivity index (χ3v) is 2.29. The molecule has 0 fully saturated rings. The maximum Gasteiger partial charge on any atom is 0.253 e. The van der Waals surface area contributed by atoms with Crippen LogP contribution in [0.2, 0.25) is 0 Å². The van der Waals surface area contributed by atoms with Crippen LogP contribution < -0.4 is 5.32 Å². The SMILES string of the molecule is Cl.O=C(NCc1ccc(F)cc1)c1cccnc1. The third kappa shape index (κ3) is 3.82. The smallest absolute Gasteiger partial charge is 0.253 e. The van der Waals surface area contributed by atoms with Crippen LogP contribution in [-0.2, 0) is 6.54 Å². The van der Waals surface area contributed by atoms with Crippen LogP contribution in [-0.4, -0.2) is 10.9 Å². The van der Waals surface area contributed by atoms with Gasteiger partial charge in [0, 0.05) is 18.9 Å². The number of carbonyl (C=O) groups excluding carboxylic acids is 1. The van der Waals surface area contributed by atoms with Crippen LogP contribution in [0, 0.1) is 5.82 Å². The number of pyridine rings is 1. The van der Waals surface area contributed by atoms with Gasteiger partial charge < -0.3 is 5.32 Å². The predicted molar refractivity (Wildman–Crippen MR) is 69.1 cm³/mol. The first-order valence-corrected chi connectivity index (χ1v) is 5.18. The fourth-order valence-electron chi connectivity index (χ4n) is 1.38. The largest absolute Gasteiger partial charge is 0.348 e. The summed E-state index contributed by atoms with van der Waals surface area (Å²) in [6, 6.07) is 9.40. The summed E-state index contributed by atoms with van der Waals surface area (Å²) < 4.78 is 12.7. The van der Waals surface area contributed by atoms with Crippen LogP contribution in [0.3, 0.4) is 0 Å². The van der Waals surface area contributed by atoms with Crippen LogP contribution in [0.5, 0.6) is 0 Å². The molecule has 0 saturated carbocycles. The van der Waals surface area contributed by atoms with Gasteiger partial charge in [-0.25, -0.2) is 4.39 Å². The Labute approximate surface area is 110 Å². The van der Waals surface area contributed by atoms with Gasteiger partial charge in [0.05, 0.1) is 5.56 Å². The van der Waals surface area contributed by atoms with Crippen molar-refractivity contribution in [1.29, 1.82) is 0 Å². The molecule has 18 heavy (non-hydrogen) atoms. The summed E-state index contributed by atoms with van der Waals surface area (Å²) in [7, 11) is 0. The number of amides is 1. The molecular weight excluding hydrogens is 255 g/mol. The minimum absolute atomic E-state index is 0. The molecule has 1 aromatic heterocycles. The molecule has 0 bridgehead atoms. The van der Waals surface area contributed by atoms with Gasteiger partial charge in [0.15, 0.2) is 0 Å². The first-order valence-electron chi connectivity index (χ1n) is 5.18. The summed E-state index contributed by atoms with van der Waals surface area (Å²) >= 11 is 0. The predicted octanol–water partition coefficient (Wildman–Crippen LogP) is 2.57. The van der Waals surface area contributed by atoms with Crippen molar-refractivity contribution in [3.05, 3.63) is 65.7 Å². The van der Waals surface area contributed by atoms with E-state index in [9.17, 15) is 9.18 Å². The second-order valence-electron chi connectivity index (χ2n) is 3.55. The molecule has 94 valence electrons. The van der Waals surface area contributed by atoms with Crippen molar-refractivity contribution in [3.8, 4) is 0 Å². The Morgan fingerprint density at radius 3 is 2.56 bits per heavy atom. The molecule has 1 heterocycles. The molecule has 0 aliphatic heterocycles. The highest BCUT2D eigenvalue weighted by molar-refractivity contribution is 5.93. The van der Waals surface area contributed by atoms with Crippen molar-refractivity contribution >= 4 is 18.3 Å². The van der Waals surface area contributed by atoms with Gasteiger partial charge in [-0.3, -0.25) is 9.78 Å². The summed E-state index contributed by atoms with van der Waals surface area (Å²) in [6.07, 6.45) is 3.11. The van der Waals surface area contributed by atoms with Crippen molar-refractivity contribution < 1.29 is 9.18 Å². The molecule has 0 aliphatic carbocycles. The van der Waals surface area contributed by atoms with Crippen molar-refractivity contribution in [2.45, 2.75) is 6.54 Å². The summed E-state index contributed by atoms with van der Waals surface area (Å²) in [5, 5.41) is 2.73. The number of aromatic nitrogens is 1. The van der Waals surface area contributed by atoms with Crippen molar-refractivity contribution in [1.82, 2.24) is 10.3 Å². The minimum Gasteiger partial charge on any atom is -0.348 e. The number of nitrogens with zero attached hydrogens (tertiary/aromatic N) is 1. The molecule has 2 rings (SSSR count). The monoisotopic (exact) mass is 266 g/mol. The number of carbonyl (C=O) groups is 1. The summed E-state index contributed by atoms with van der Waals surface area (Å²) in [5.41, 5.74) is 1.36. The van der Waals surface area contributed by atoms with Gasteiger partial charge in [0.2, 0.25) is 0 Å². The highest BCUT2D eigenvalue weighted by Crippen LogP contribution is 2.03. The number of rotatable bonds is 3. The zero-order chi connectivity index (χ0) is 12.1. The zero-order valence-electron chi connectivity index (χ0n) is 9.47. The van der Waals surface area contributed by atoms with E-state index in [1.165, 1.54) is 18.3 Å². The molecule has 0 aliphatic rings. The van der Waals surface area contributed by atoms with Crippen molar-refractivity contribution in [2.24, 2.45) is 0 Å². The van der Waals surface area contributed by atoms with Crippen LogP contribution in [0.15, 0.2) is 48.8 Å². The second-order valence-corrected chi connectivity index (χ2v) is 3.55. The van der Waals surface area contributed by atoms with E-state index in [-0.39, 0.29) is 24.1 Å². The molecule has 5 heteroatoms. The number of nitrogens with one attached hydrogen (secondary N) is 1. The average Bonchev–Trinajstić information content (AvgIpc) is 2.39. The number of benzene rings is 1. The van der Waals surface area contributed by atoms with E-state index in [1.807, 2.05) is 0 Å². The maximum absolute atomic E-state index is 12.7. The van der Waals surface area contributed by atoms with E-state index < -0.39 is 0 Å². The summed E-state index contributed by atoms with van der Waals surface area (Å²) in [6.45, 7) is 0.369. The normalized spacial score (nSPS) is 9.39. The third-order valence-electron chi connectivity index (χ3n) is 2.29. The van der Waals surface area contributed by atoms with Gasteiger partial charge in [0.25, 0.3) is 5.91 Å². The molecule has 2 aromatic rings. The number of hydrogen-bond acceptors (Lipinski definition) is 2. The Morgan fingerprint density at radius 2 is 1.94 bits per heavy atom. The van der Waals surface area contributed by atoms with Crippen LogP contribution in [0.25, 0.3) is 0 Å². The molecule has 0 saturated heterocycles. The molecule has 1 amide bonds. The molecule has 1 aromatic carbocycles. The molecule has 0 unspecified atom stereocenters. The maximum atomic E-state index is 12.7. The molecule has 0 atom stereocenters. The lowest BCUT2D eigenvalue weighted by atomic mass is 10.2. The quantitative estimate of drug-likeness (QED) is 0.928. The highest BCUT2D eigenvalue weighted by atomic mass is 35.5. The van der Waals surface area contributed by atoms with Gasteiger partial charge in [0.1, 0.15) is 5.82 Å². The standard InChI is InChI=1S/C13H11FN2O.ClH/c14-12-5-3-10(4-6-12)8-16-13(17)11-2-1-7-15-9-11;/h1-7,9H,8H2,(H,16,17);1H. The molecule has 0 spiro atoms. The van der Waals surface area contributed by atoms with Gasteiger partial charge in [-0.2, -0.15) is 0 Å². The van der Waals surface area contributed by atoms with Gasteiger partial charge in [-0.05, 0) is 29.8 Å². The fraction of sp³-hybridized carbons (Fsp3) is 0.0769. The van der Waals surface area contributed by atoms with E-state index in [1.54, 1.807) is 30.5 Å². The van der Waals surface area contributed by atoms with Crippen LogP contribution >= 0.6 is 12.4 Å². The summed E-state index contributed by atoms with van der Waals surface area (Å²) in [4.78, 5) is 15.5. The van der Waals surface area contributed by atoms with E-state index >= 15 is 0 Å². The number of hydrogen-bond donors (Lipinski definition) is 1. The molecule has 3 nitrogen and oxygen atoms in total. The zero-order valence-corrected chi connectivity index (χ0v) is 10.3. The van der Waals surface area contributed by atoms with Crippen molar-refractivity contribution in [2.75, 3.05) is 0 Å².